The molecular formula is C6H10O3. The average molecular weight is 130 g/mol. The van der Waals surface area contributed by atoms with Crippen LogP contribution in [0.15, 0.2) is 0 Å². The van der Waals surface area contributed by atoms with Gasteiger partial charge in [-0.15, -0.1) is 0 Å². The molecule has 2 unspecified atom stereocenters. The summed E-state index contributed by atoms with van der Waals surface area (Å²) in [6, 6.07) is 0. The summed E-state index contributed by atoms with van der Waals surface area (Å²) in [6.45, 7) is 1.90. The quantitative estimate of drug-likeness (QED) is 0.605. The Morgan fingerprint density at radius 1 is 1.89 bits per heavy atom. The normalized spacial score (nSPS) is 32.1. The summed E-state index contributed by atoms with van der Waals surface area (Å²) >= 11 is 0. The molecule has 1 aliphatic carbocycles. The van der Waals surface area contributed by atoms with Crippen molar-refractivity contribution in [3.8, 4) is 0 Å². The van der Waals surface area contributed by atoms with Crippen LogP contribution in [0.2, 0.25) is 0 Å². The van der Waals surface area contributed by atoms with E-state index in [9.17, 15) is 4.79 Å². The Hall–Kier alpha value is -0.570. The van der Waals surface area contributed by atoms with Crippen molar-refractivity contribution in [2.24, 2.45) is 5.92 Å². The number of carboxylic acid groups (broad SMARTS) is 1. The van der Waals surface area contributed by atoms with E-state index in [1.165, 1.54) is 0 Å². The third-order valence-electron chi connectivity index (χ3n) is 1.46. The average Bonchev–Trinajstić information content (AvgIpc) is 2.42. The van der Waals surface area contributed by atoms with E-state index >= 15 is 0 Å². The zero-order valence-corrected chi connectivity index (χ0v) is 5.33. The fourth-order valence-corrected chi connectivity index (χ4v) is 0.698. The molecule has 52 valence electrons. The molecule has 0 amide bonds. The zero-order valence-electron chi connectivity index (χ0n) is 5.33. The van der Waals surface area contributed by atoms with Gasteiger partial charge in [0.05, 0.1) is 6.10 Å². The van der Waals surface area contributed by atoms with E-state index in [1.807, 2.05) is 6.92 Å². The van der Waals surface area contributed by atoms with Crippen LogP contribution in [0.1, 0.15) is 13.3 Å². The number of rotatable bonds is 3. The fourth-order valence-electron chi connectivity index (χ4n) is 0.698. The fraction of sp³-hybridized carbons (Fsp3) is 0.833. The van der Waals surface area contributed by atoms with Gasteiger partial charge < -0.3 is 9.84 Å². The van der Waals surface area contributed by atoms with Gasteiger partial charge in [0.1, 0.15) is 6.61 Å². The Bertz CT molecular complexity index is 121. The summed E-state index contributed by atoms with van der Waals surface area (Å²) in [6.07, 6.45) is 1.24. The van der Waals surface area contributed by atoms with Gasteiger partial charge in [-0.25, -0.2) is 4.79 Å². The van der Waals surface area contributed by atoms with E-state index in [0.717, 1.165) is 6.42 Å². The molecule has 0 aromatic heterocycles. The number of aliphatic carboxylic acids is 1. The highest BCUT2D eigenvalue weighted by Crippen LogP contribution is 2.32. The molecule has 1 aliphatic rings. The number of carboxylic acids is 1. The molecule has 0 spiro atoms. The Morgan fingerprint density at radius 2 is 2.44 bits per heavy atom. The van der Waals surface area contributed by atoms with Gasteiger partial charge >= 0.3 is 5.97 Å². The molecule has 0 radical (unpaired) electrons. The predicted octanol–water partition coefficient (Wildman–Crippen LogP) is 0.496. The van der Waals surface area contributed by atoms with Crippen LogP contribution in [-0.2, 0) is 9.53 Å². The van der Waals surface area contributed by atoms with Gasteiger partial charge in [-0.3, -0.25) is 0 Å². The second-order valence-electron chi connectivity index (χ2n) is 2.46. The summed E-state index contributed by atoms with van der Waals surface area (Å²) in [5.41, 5.74) is 0. The molecule has 0 bridgehead atoms. The molecule has 2 atom stereocenters. The van der Waals surface area contributed by atoms with E-state index < -0.39 is 5.97 Å². The lowest BCUT2D eigenvalue weighted by Crippen LogP contribution is -2.08. The number of hydrogen-bond acceptors (Lipinski definition) is 2. The predicted molar refractivity (Wildman–Crippen MR) is 31.2 cm³/mol. The van der Waals surface area contributed by atoms with Crippen molar-refractivity contribution in [3.63, 3.8) is 0 Å². The van der Waals surface area contributed by atoms with Gasteiger partial charge in [0.15, 0.2) is 0 Å². The third-order valence-corrected chi connectivity index (χ3v) is 1.46. The smallest absolute Gasteiger partial charge is 0.329 e. The van der Waals surface area contributed by atoms with Crippen LogP contribution in [0.3, 0.4) is 0 Å². The summed E-state index contributed by atoms with van der Waals surface area (Å²) in [7, 11) is 0. The molecule has 1 fully saturated rings. The molecular weight excluding hydrogens is 120 g/mol. The summed E-state index contributed by atoms with van der Waals surface area (Å²) < 4.78 is 4.93. The highest BCUT2D eigenvalue weighted by molar-refractivity contribution is 5.68. The molecule has 0 aliphatic heterocycles. The van der Waals surface area contributed by atoms with E-state index in [2.05, 4.69) is 0 Å². The van der Waals surface area contributed by atoms with Gasteiger partial charge in [-0.05, 0) is 12.3 Å². The molecule has 0 aromatic carbocycles. The summed E-state index contributed by atoms with van der Waals surface area (Å²) in [5.74, 6) is -0.307. The lowest BCUT2D eigenvalue weighted by Gasteiger charge is -1.94. The van der Waals surface area contributed by atoms with Crippen LogP contribution in [0, 0.1) is 5.92 Å². The van der Waals surface area contributed by atoms with Crippen LogP contribution in [-0.4, -0.2) is 23.8 Å². The highest BCUT2D eigenvalue weighted by atomic mass is 16.5. The second-order valence-corrected chi connectivity index (χ2v) is 2.46. The van der Waals surface area contributed by atoms with Crippen LogP contribution >= 0.6 is 0 Å². The topological polar surface area (TPSA) is 46.5 Å². The van der Waals surface area contributed by atoms with Gasteiger partial charge in [-0.1, -0.05) is 6.92 Å². The Balaban J connectivity index is 2.00. The Kier molecular flexibility index (Phi) is 1.71. The molecule has 1 saturated carbocycles. The van der Waals surface area contributed by atoms with Crippen molar-refractivity contribution >= 4 is 5.97 Å². The maximum Gasteiger partial charge on any atom is 0.329 e. The monoisotopic (exact) mass is 130 g/mol. The van der Waals surface area contributed by atoms with E-state index in [1.54, 1.807) is 0 Å². The molecule has 0 saturated heterocycles. The largest absolute Gasteiger partial charge is 0.480 e. The Morgan fingerprint density at radius 3 is 2.78 bits per heavy atom. The van der Waals surface area contributed by atoms with Crippen LogP contribution in [0.5, 0.6) is 0 Å². The van der Waals surface area contributed by atoms with Crippen molar-refractivity contribution in [2.45, 2.75) is 19.4 Å². The van der Waals surface area contributed by atoms with Gasteiger partial charge in [-0.2, -0.15) is 0 Å². The van der Waals surface area contributed by atoms with E-state index in [4.69, 9.17) is 9.84 Å². The molecule has 9 heavy (non-hydrogen) atoms. The van der Waals surface area contributed by atoms with Crippen molar-refractivity contribution < 1.29 is 14.6 Å². The molecule has 0 aromatic rings. The van der Waals surface area contributed by atoms with Crippen molar-refractivity contribution in [1.82, 2.24) is 0 Å². The molecule has 0 heterocycles. The summed E-state index contributed by atoms with van der Waals surface area (Å²) in [5, 5.41) is 8.15. The first kappa shape index (κ1) is 6.55. The first-order chi connectivity index (χ1) is 4.20. The minimum atomic E-state index is -0.880. The highest BCUT2D eigenvalue weighted by Gasteiger charge is 2.33. The molecule has 1 rings (SSSR count). The maximum atomic E-state index is 9.91. The third kappa shape index (κ3) is 2.01. The van der Waals surface area contributed by atoms with Gasteiger partial charge in [0.25, 0.3) is 0 Å². The Labute approximate surface area is 53.6 Å². The minimum absolute atomic E-state index is 0.144. The second kappa shape index (κ2) is 2.35. The first-order valence-electron chi connectivity index (χ1n) is 3.03. The number of ether oxygens (including phenoxy) is 1. The van der Waals surface area contributed by atoms with Crippen molar-refractivity contribution in [1.29, 1.82) is 0 Å². The SMILES string of the molecule is CC1CC1OCC(=O)O. The van der Waals surface area contributed by atoms with Crippen molar-refractivity contribution in [3.05, 3.63) is 0 Å². The molecule has 3 nitrogen and oxygen atoms in total. The zero-order chi connectivity index (χ0) is 6.85. The van der Waals surface area contributed by atoms with Crippen molar-refractivity contribution in [2.75, 3.05) is 6.61 Å². The maximum absolute atomic E-state index is 9.91. The van der Waals surface area contributed by atoms with Crippen LogP contribution < -0.4 is 0 Å². The van der Waals surface area contributed by atoms with Gasteiger partial charge in [0, 0.05) is 0 Å². The minimum Gasteiger partial charge on any atom is -0.480 e. The number of hydrogen-bond donors (Lipinski definition) is 1. The van der Waals surface area contributed by atoms with Crippen LogP contribution in [0.4, 0.5) is 0 Å². The standard InChI is InChI=1S/C6H10O3/c1-4-2-5(4)9-3-6(7)8/h4-5H,2-3H2,1H3,(H,7,8). The lowest BCUT2D eigenvalue weighted by atomic mass is 10.5. The van der Waals surface area contributed by atoms with E-state index in [-0.39, 0.29) is 12.7 Å². The lowest BCUT2D eigenvalue weighted by molar-refractivity contribution is -0.142. The van der Waals surface area contributed by atoms with Crippen LogP contribution in [0.25, 0.3) is 0 Å². The van der Waals surface area contributed by atoms with E-state index in [0.29, 0.717) is 5.92 Å². The molecule has 3 heteroatoms. The van der Waals surface area contributed by atoms with Gasteiger partial charge in [0.2, 0.25) is 0 Å². The number of carbonyl (C=O) groups is 1. The summed E-state index contributed by atoms with van der Waals surface area (Å²) in [4.78, 5) is 9.91. The molecule has 1 N–H and O–H groups in total. The first-order valence-corrected chi connectivity index (χ1v) is 3.03.